The van der Waals surface area contributed by atoms with E-state index in [0.717, 1.165) is 6.42 Å². The highest BCUT2D eigenvalue weighted by Crippen LogP contribution is 2.12. The van der Waals surface area contributed by atoms with E-state index in [4.69, 9.17) is 29.6 Å². The molecular weight excluding hydrogens is 246 g/mol. The van der Waals surface area contributed by atoms with E-state index in [0.29, 0.717) is 28.5 Å². The number of hydrogen-bond donors (Lipinski definition) is 2. The summed E-state index contributed by atoms with van der Waals surface area (Å²) in [6, 6.07) is 1.57. The Morgan fingerprint density at radius 1 is 1.62 bits per heavy atom. The first-order chi connectivity index (χ1) is 7.61. The van der Waals surface area contributed by atoms with Gasteiger partial charge in [0.05, 0.1) is 15.6 Å². The molecule has 0 aliphatic heterocycles. The van der Waals surface area contributed by atoms with Crippen molar-refractivity contribution in [2.45, 2.75) is 12.8 Å². The Hall–Kier alpha value is -1.20. The molecule has 1 heterocycles. The molecule has 0 aromatic carbocycles. The van der Waals surface area contributed by atoms with Gasteiger partial charge < -0.3 is 11.1 Å². The summed E-state index contributed by atoms with van der Waals surface area (Å²) < 4.78 is 0. The Morgan fingerprint density at radius 2 is 2.38 bits per heavy atom. The van der Waals surface area contributed by atoms with Crippen molar-refractivity contribution in [3.05, 3.63) is 29.0 Å². The molecule has 0 bridgehead atoms. The van der Waals surface area contributed by atoms with Crippen LogP contribution in [0, 0.1) is 0 Å². The number of amides is 1. The Kier molecular flexibility index (Phi) is 5.14. The minimum atomic E-state index is -0.213. The fourth-order valence-electron chi connectivity index (χ4n) is 1.12. The molecule has 0 unspecified atom stereocenters. The fourth-order valence-corrected chi connectivity index (χ4v) is 1.47. The maximum Gasteiger partial charge on any atom is 0.252 e. The van der Waals surface area contributed by atoms with Crippen molar-refractivity contribution in [3.8, 4) is 0 Å². The molecule has 86 valence electrons. The number of carbonyl (C=O) groups excluding carboxylic acids is 1. The van der Waals surface area contributed by atoms with Gasteiger partial charge in [0, 0.05) is 18.9 Å². The van der Waals surface area contributed by atoms with E-state index < -0.39 is 0 Å². The van der Waals surface area contributed by atoms with Crippen molar-refractivity contribution in [3.63, 3.8) is 0 Å². The third-order valence-corrected chi connectivity index (χ3v) is 2.41. The number of halogens is 1. The first kappa shape index (κ1) is 12.9. The molecule has 16 heavy (non-hydrogen) atoms. The van der Waals surface area contributed by atoms with Crippen LogP contribution in [0.5, 0.6) is 0 Å². The molecule has 6 heteroatoms. The fraction of sp³-hybridized carbons (Fsp3) is 0.300. The van der Waals surface area contributed by atoms with Crippen LogP contribution in [0.2, 0.25) is 5.02 Å². The first-order valence-electron chi connectivity index (χ1n) is 4.77. The van der Waals surface area contributed by atoms with E-state index in [1.807, 2.05) is 0 Å². The summed E-state index contributed by atoms with van der Waals surface area (Å²) in [5.74, 6) is -0.213. The Balaban J connectivity index is 2.41. The number of nitrogens with two attached hydrogens (primary N) is 1. The van der Waals surface area contributed by atoms with Crippen LogP contribution in [0.3, 0.4) is 0 Å². The van der Waals surface area contributed by atoms with E-state index >= 15 is 0 Å². The molecule has 0 aliphatic carbocycles. The third-order valence-electron chi connectivity index (χ3n) is 1.90. The van der Waals surface area contributed by atoms with Crippen LogP contribution in [0.15, 0.2) is 18.5 Å². The van der Waals surface area contributed by atoms with Crippen molar-refractivity contribution >= 4 is 34.7 Å². The molecule has 0 atom stereocenters. The molecular formula is C10H12ClN3OS. The minimum Gasteiger partial charge on any atom is -0.393 e. The quantitative estimate of drug-likeness (QED) is 0.620. The van der Waals surface area contributed by atoms with Crippen LogP contribution in [0.25, 0.3) is 0 Å². The number of pyridine rings is 1. The number of nitrogens with one attached hydrogen (secondary N) is 1. The van der Waals surface area contributed by atoms with Crippen LogP contribution in [-0.4, -0.2) is 22.4 Å². The molecule has 1 rings (SSSR count). The Morgan fingerprint density at radius 3 is 3.00 bits per heavy atom. The number of hydrogen-bond acceptors (Lipinski definition) is 3. The SMILES string of the molecule is NC(=S)CCCNC(=O)c1ccncc1Cl. The summed E-state index contributed by atoms with van der Waals surface area (Å²) in [6.07, 6.45) is 4.31. The van der Waals surface area contributed by atoms with Crippen LogP contribution >= 0.6 is 23.8 Å². The number of thiocarbonyl (C=S) groups is 1. The summed E-state index contributed by atoms with van der Waals surface area (Å²) in [5.41, 5.74) is 5.76. The first-order valence-corrected chi connectivity index (χ1v) is 5.56. The lowest BCUT2D eigenvalue weighted by Gasteiger charge is -2.05. The van der Waals surface area contributed by atoms with Crippen LogP contribution < -0.4 is 11.1 Å². The monoisotopic (exact) mass is 257 g/mol. The van der Waals surface area contributed by atoms with E-state index in [-0.39, 0.29) is 5.91 Å². The highest BCUT2D eigenvalue weighted by atomic mass is 35.5. The molecule has 0 saturated heterocycles. The van der Waals surface area contributed by atoms with Crippen molar-refractivity contribution in [1.82, 2.24) is 10.3 Å². The summed E-state index contributed by atoms with van der Waals surface area (Å²) in [7, 11) is 0. The lowest BCUT2D eigenvalue weighted by molar-refractivity contribution is 0.0953. The van der Waals surface area contributed by atoms with Crippen molar-refractivity contribution in [2.75, 3.05) is 6.54 Å². The summed E-state index contributed by atoms with van der Waals surface area (Å²) >= 11 is 10.5. The van der Waals surface area contributed by atoms with Gasteiger partial charge in [0.15, 0.2) is 0 Å². The van der Waals surface area contributed by atoms with Crippen molar-refractivity contribution in [1.29, 1.82) is 0 Å². The lowest BCUT2D eigenvalue weighted by atomic mass is 10.2. The van der Waals surface area contributed by atoms with Gasteiger partial charge in [-0.2, -0.15) is 0 Å². The molecule has 3 N–H and O–H groups in total. The molecule has 0 fully saturated rings. The smallest absolute Gasteiger partial charge is 0.252 e. The highest BCUT2D eigenvalue weighted by molar-refractivity contribution is 7.80. The van der Waals surface area contributed by atoms with Crippen LogP contribution in [-0.2, 0) is 0 Å². The maximum atomic E-state index is 11.6. The van der Waals surface area contributed by atoms with Gasteiger partial charge in [0.1, 0.15) is 0 Å². The maximum absolute atomic E-state index is 11.6. The van der Waals surface area contributed by atoms with E-state index in [1.165, 1.54) is 12.4 Å². The molecule has 4 nitrogen and oxygen atoms in total. The zero-order valence-corrected chi connectivity index (χ0v) is 10.1. The topological polar surface area (TPSA) is 68.0 Å². The van der Waals surface area contributed by atoms with Gasteiger partial charge in [-0.15, -0.1) is 0 Å². The zero-order chi connectivity index (χ0) is 12.0. The number of carbonyl (C=O) groups is 1. The van der Waals surface area contributed by atoms with Gasteiger partial charge in [-0.05, 0) is 18.9 Å². The van der Waals surface area contributed by atoms with Gasteiger partial charge in [0.25, 0.3) is 5.91 Å². The molecule has 1 aromatic heterocycles. The summed E-state index contributed by atoms with van der Waals surface area (Å²) in [5, 5.41) is 3.07. The largest absolute Gasteiger partial charge is 0.393 e. The number of rotatable bonds is 5. The van der Waals surface area contributed by atoms with E-state index in [9.17, 15) is 4.79 Å². The minimum absolute atomic E-state index is 0.213. The average Bonchev–Trinajstić information content (AvgIpc) is 2.24. The summed E-state index contributed by atoms with van der Waals surface area (Å²) in [4.78, 5) is 15.9. The highest BCUT2D eigenvalue weighted by Gasteiger charge is 2.08. The summed E-state index contributed by atoms with van der Waals surface area (Å²) in [6.45, 7) is 0.523. The Bertz CT molecular complexity index is 397. The molecule has 0 spiro atoms. The molecule has 1 aromatic rings. The second-order valence-corrected chi connectivity index (χ2v) is 4.11. The van der Waals surface area contributed by atoms with E-state index in [2.05, 4.69) is 10.3 Å². The molecule has 0 radical (unpaired) electrons. The van der Waals surface area contributed by atoms with Crippen molar-refractivity contribution < 1.29 is 4.79 Å². The van der Waals surface area contributed by atoms with Gasteiger partial charge in [0.2, 0.25) is 0 Å². The lowest BCUT2D eigenvalue weighted by Crippen LogP contribution is -2.25. The van der Waals surface area contributed by atoms with Crippen LogP contribution in [0.1, 0.15) is 23.2 Å². The molecule has 1 amide bonds. The third kappa shape index (κ3) is 4.12. The second kappa shape index (κ2) is 6.40. The van der Waals surface area contributed by atoms with Gasteiger partial charge >= 0.3 is 0 Å². The zero-order valence-electron chi connectivity index (χ0n) is 8.57. The number of aromatic nitrogens is 1. The number of nitrogens with zero attached hydrogens (tertiary/aromatic N) is 1. The van der Waals surface area contributed by atoms with Crippen molar-refractivity contribution in [2.24, 2.45) is 5.73 Å². The van der Waals surface area contributed by atoms with Crippen LogP contribution in [0.4, 0.5) is 0 Å². The van der Waals surface area contributed by atoms with Gasteiger partial charge in [-0.25, -0.2) is 0 Å². The van der Waals surface area contributed by atoms with Gasteiger partial charge in [-0.1, -0.05) is 23.8 Å². The average molecular weight is 258 g/mol. The molecule has 0 saturated carbocycles. The standard InChI is InChI=1S/C10H12ClN3OS/c11-8-6-13-5-3-7(8)10(15)14-4-1-2-9(12)16/h3,5-6H,1-2,4H2,(H2,12,16)(H,14,15). The Labute approximate surface area is 104 Å². The predicted octanol–water partition coefficient (Wildman–Crippen LogP) is 1.53. The van der Waals surface area contributed by atoms with Gasteiger partial charge in [-0.3, -0.25) is 9.78 Å². The molecule has 0 aliphatic rings. The normalized spacial score (nSPS) is 9.81. The second-order valence-electron chi connectivity index (χ2n) is 3.18. The van der Waals surface area contributed by atoms with E-state index in [1.54, 1.807) is 6.07 Å². The predicted molar refractivity (Wildman–Crippen MR) is 67.6 cm³/mol.